The third kappa shape index (κ3) is 9.47. The van der Waals surface area contributed by atoms with Gasteiger partial charge in [-0.1, -0.05) is 48.5 Å². The normalized spacial score (nSPS) is 13.8. The quantitative estimate of drug-likeness (QED) is 0.165. The molecule has 0 aliphatic rings. The fraction of sp³-hybridized carbons (Fsp3) is 0.143. The summed E-state index contributed by atoms with van der Waals surface area (Å²) in [6.07, 6.45) is -43.5. The fourth-order valence-electron chi connectivity index (χ4n) is 12.5. The third-order valence-corrected chi connectivity index (χ3v) is 16.4. The monoisotopic (exact) mass is 1340 g/mol. The first-order valence-electron chi connectivity index (χ1n) is 26.9. The Morgan fingerprint density at radius 1 is 0.213 bits per heavy atom. The van der Waals surface area contributed by atoms with Crippen molar-refractivity contribution in [1.82, 2.24) is 33.3 Å². The minimum Gasteiger partial charge on any atom is -0.305 e. The van der Waals surface area contributed by atoms with E-state index in [4.69, 9.17) is 0 Å². The zero-order valence-electron chi connectivity index (χ0n) is 46.1. The molecule has 0 amide bonds. The summed E-state index contributed by atoms with van der Waals surface area (Å²) >= 11 is 0. The summed E-state index contributed by atoms with van der Waals surface area (Å²) in [4.78, 5) is 0.544. The average molecular weight is 1340 g/mol. The highest BCUT2D eigenvalue weighted by Crippen LogP contribution is 2.53. The first-order valence-corrected chi connectivity index (χ1v) is 26.9. The molecule has 0 aliphatic carbocycles. The van der Waals surface area contributed by atoms with Gasteiger partial charge in [0.15, 0.2) is 0 Å². The van der Waals surface area contributed by atoms with E-state index in [-0.39, 0.29) is 24.3 Å². The van der Waals surface area contributed by atoms with Gasteiger partial charge in [-0.2, -0.15) is 120 Å². The van der Waals surface area contributed by atoms with Crippen molar-refractivity contribution in [3.63, 3.8) is 0 Å². The zero-order chi connectivity index (χ0) is 67.6. The first-order chi connectivity index (χ1) is 43.6. The maximum absolute atomic E-state index is 15.4. The number of hydrogen-bond donors (Lipinski definition) is 0. The van der Waals surface area contributed by atoms with Gasteiger partial charge >= 0.3 is 49.4 Å². The molecule has 14 aromatic rings. The number of hydrogen-bond acceptors (Lipinski definition) is 2. The number of rotatable bonds is 4. The summed E-state index contributed by atoms with van der Waals surface area (Å²) in [5.41, 5.74) is -27.3. The van der Waals surface area contributed by atoms with Crippen molar-refractivity contribution in [3.05, 3.63) is 190 Å². The van der Waals surface area contributed by atoms with Crippen LogP contribution in [0.15, 0.2) is 146 Å². The molecule has 0 N–H and O–H groups in total. The van der Waals surface area contributed by atoms with Crippen LogP contribution in [-0.4, -0.2) is 33.3 Å². The lowest BCUT2D eigenvalue weighted by Gasteiger charge is -2.26. The van der Waals surface area contributed by atoms with E-state index in [1.807, 2.05) is 0 Å². The molecule has 7 nitrogen and oxygen atoms in total. The molecule has 0 saturated heterocycles. The lowest BCUT2D eigenvalue weighted by molar-refractivity contribution is -0.138. The second-order valence-electron chi connectivity index (χ2n) is 22.0. The number of aromatic nitrogens is 7. The molecular formula is C63H27F24N7. The molecule has 0 saturated carbocycles. The van der Waals surface area contributed by atoms with E-state index in [2.05, 4.69) is 10.2 Å². The highest BCUT2D eigenvalue weighted by Gasteiger charge is 2.42. The van der Waals surface area contributed by atoms with Crippen LogP contribution in [0.5, 0.6) is 0 Å². The van der Waals surface area contributed by atoms with Crippen molar-refractivity contribution in [2.75, 3.05) is 0 Å². The van der Waals surface area contributed by atoms with Crippen molar-refractivity contribution in [2.24, 2.45) is 7.05 Å². The molecule has 9 aromatic carbocycles. The average Bonchev–Trinajstić information content (AvgIpc) is 1.49. The third-order valence-electron chi connectivity index (χ3n) is 16.4. The van der Waals surface area contributed by atoms with Gasteiger partial charge in [0.25, 0.3) is 0 Å². The lowest BCUT2D eigenvalue weighted by Crippen LogP contribution is -2.16. The van der Waals surface area contributed by atoms with E-state index < -0.39 is 215 Å². The molecule has 0 spiro atoms. The van der Waals surface area contributed by atoms with Crippen molar-refractivity contribution >= 4 is 98.3 Å². The largest absolute Gasteiger partial charge is 0.416 e. The Bertz CT molecular complexity index is 4950. The van der Waals surface area contributed by atoms with Crippen LogP contribution in [0.3, 0.4) is 0 Å². The summed E-state index contributed by atoms with van der Waals surface area (Å²) in [7, 11) is 0.940. The van der Waals surface area contributed by atoms with Crippen LogP contribution in [0.1, 0.15) is 44.5 Å². The Morgan fingerprint density at radius 2 is 0.351 bits per heavy atom. The van der Waals surface area contributed by atoms with Gasteiger partial charge in [0.2, 0.25) is 0 Å². The van der Waals surface area contributed by atoms with Crippen molar-refractivity contribution in [1.29, 1.82) is 0 Å². The molecule has 31 heteroatoms. The van der Waals surface area contributed by atoms with Crippen LogP contribution in [0, 0.1) is 0 Å². The van der Waals surface area contributed by atoms with Crippen LogP contribution in [0.4, 0.5) is 105 Å². The van der Waals surface area contributed by atoms with E-state index >= 15 is 105 Å². The summed E-state index contributed by atoms with van der Waals surface area (Å²) in [5.74, 6) is 0. The lowest BCUT2D eigenvalue weighted by atomic mass is 10.1. The molecular weight excluding hydrogens is 1310 g/mol. The first kappa shape index (κ1) is 61.4. The predicted octanol–water partition coefficient (Wildman–Crippen LogP) is 21.5. The van der Waals surface area contributed by atoms with E-state index in [9.17, 15) is 0 Å². The molecule has 482 valence electrons. The summed E-state index contributed by atoms with van der Waals surface area (Å²) in [6, 6.07) is 11.7. The van der Waals surface area contributed by atoms with Crippen LogP contribution in [0.25, 0.3) is 121 Å². The van der Waals surface area contributed by atoms with E-state index in [1.54, 1.807) is 0 Å². The maximum atomic E-state index is 15.4. The SMILES string of the molecule is Cn1nc2c(-n3c4cc(C(F)(F)F)ccc4c4ccc(C(F)(F)F)cc43)c(-n3c4cc(C(F)(F)F)ccc4c4ccc(C(F)(F)F)cc43)c(-n3c4cc(C(F)(F)F)ccc4c4ccc(C(F)(F)F)cc43)c(-n3c4cc(C(F)(F)F)ccc4c4ccc(C(F)(F)F)cc43)c2n1. The van der Waals surface area contributed by atoms with Crippen LogP contribution >= 0.6 is 0 Å². The van der Waals surface area contributed by atoms with Gasteiger partial charge in [-0.25, -0.2) is 0 Å². The second-order valence-corrected chi connectivity index (χ2v) is 22.0. The standard InChI is InChI=1S/C63H27F24N7/c1-90-88-50-51(89-90)53(92-44-20-28(58(70,71)72)4-12-36(44)37-13-5-29(21-45(37)92)59(73,74)75)55(94-48-24-32(62(82,83)84)8-16-40(48)41-17-9-33(25-49(41)94)63(85,86)87)54(93-46-22-30(60(76,77)78)6-14-38(46)39-15-7-31(23-47(39)93)61(79,80)81)52(50)91-42-18-26(56(64,65)66)2-10-34(42)35-11-3-27(19-43(35)91)57(67,68)69/h2-25H,1H3. The Kier molecular flexibility index (Phi) is 12.7. The molecule has 5 aromatic heterocycles. The van der Waals surface area contributed by atoms with Gasteiger partial charge in [-0.05, 0) is 97.1 Å². The number of alkyl halides is 24. The van der Waals surface area contributed by atoms with E-state index in [0.717, 1.165) is 31.3 Å². The fourth-order valence-corrected chi connectivity index (χ4v) is 12.5. The number of fused-ring (bicyclic) bond motifs is 13. The second kappa shape index (κ2) is 19.5. The van der Waals surface area contributed by atoms with Crippen molar-refractivity contribution in [3.8, 4) is 22.7 Å². The van der Waals surface area contributed by atoms with Crippen molar-refractivity contribution < 1.29 is 105 Å². The summed E-state index contributed by atoms with van der Waals surface area (Å²) < 4.78 is 371. The minimum atomic E-state index is -5.47. The Labute approximate surface area is 505 Å². The Hall–Kier alpha value is -10.1. The van der Waals surface area contributed by atoms with Gasteiger partial charge in [0.1, 0.15) is 22.4 Å². The molecule has 5 heterocycles. The number of benzene rings is 9. The number of aryl methyl sites for hydroxylation is 1. The smallest absolute Gasteiger partial charge is 0.305 e. The van der Waals surface area contributed by atoms with Gasteiger partial charge in [0, 0.05) is 50.1 Å². The van der Waals surface area contributed by atoms with Crippen LogP contribution < -0.4 is 0 Å². The van der Waals surface area contributed by atoms with Gasteiger partial charge in [0.05, 0.1) is 100 Å². The molecule has 0 unspecified atom stereocenters. The minimum absolute atomic E-state index is 0.271. The number of nitrogens with zero attached hydrogens (tertiary/aromatic N) is 7. The molecule has 0 radical (unpaired) electrons. The summed E-state index contributed by atoms with van der Waals surface area (Å²) in [6.45, 7) is 0. The zero-order valence-corrected chi connectivity index (χ0v) is 46.1. The topological polar surface area (TPSA) is 50.4 Å². The van der Waals surface area contributed by atoms with Gasteiger partial charge in [-0.15, -0.1) is 0 Å². The Morgan fingerprint density at radius 3 is 0.489 bits per heavy atom. The van der Waals surface area contributed by atoms with Gasteiger partial charge in [-0.3, -0.25) is 0 Å². The van der Waals surface area contributed by atoms with Crippen LogP contribution in [0.2, 0.25) is 0 Å². The molecule has 0 fully saturated rings. The summed E-state index contributed by atoms with van der Waals surface area (Å²) in [5, 5.41) is 5.07. The molecule has 0 atom stereocenters. The number of halogens is 24. The van der Waals surface area contributed by atoms with E-state index in [1.165, 1.54) is 0 Å². The molecule has 0 aliphatic heterocycles. The maximum Gasteiger partial charge on any atom is 0.416 e. The van der Waals surface area contributed by atoms with E-state index in [0.29, 0.717) is 120 Å². The highest BCUT2D eigenvalue weighted by atomic mass is 19.4. The van der Waals surface area contributed by atoms with Crippen molar-refractivity contribution in [2.45, 2.75) is 49.4 Å². The molecule has 0 bridgehead atoms. The Balaban J connectivity index is 1.41. The van der Waals surface area contributed by atoms with Crippen LogP contribution in [-0.2, 0) is 56.5 Å². The molecule has 94 heavy (non-hydrogen) atoms. The predicted molar refractivity (Wildman–Crippen MR) is 296 cm³/mol. The van der Waals surface area contributed by atoms with Gasteiger partial charge < -0.3 is 18.3 Å². The highest BCUT2D eigenvalue weighted by molar-refractivity contribution is 6.19. The molecule has 14 rings (SSSR count).